The summed E-state index contributed by atoms with van der Waals surface area (Å²) in [6.07, 6.45) is 0. The lowest BCUT2D eigenvalue weighted by molar-refractivity contribution is 0.264. The van der Waals surface area contributed by atoms with Gasteiger partial charge in [-0.1, -0.05) is 11.6 Å². The van der Waals surface area contributed by atoms with Crippen LogP contribution in [0.4, 0.5) is 4.39 Å². The van der Waals surface area contributed by atoms with Crippen molar-refractivity contribution in [2.75, 3.05) is 0 Å². The lowest BCUT2D eigenvalue weighted by Gasteiger charge is -2.02. The molecule has 1 heterocycles. The molecule has 0 atom stereocenters. The van der Waals surface area contributed by atoms with Crippen molar-refractivity contribution in [3.63, 3.8) is 0 Å². The first kappa shape index (κ1) is 13.6. The summed E-state index contributed by atoms with van der Waals surface area (Å²) in [5.41, 5.74) is 0.654. The zero-order valence-electron chi connectivity index (χ0n) is 10.8. The zero-order valence-corrected chi connectivity index (χ0v) is 11.5. The van der Waals surface area contributed by atoms with Crippen LogP contribution in [0, 0.1) is 5.82 Å². The second-order valence-electron chi connectivity index (χ2n) is 4.25. The summed E-state index contributed by atoms with van der Waals surface area (Å²) in [7, 11) is 0. The Labute approximate surface area is 125 Å². The van der Waals surface area contributed by atoms with Crippen LogP contribution in [0.5, 0.6) is 5.75 Å². The van der Waals surface area contributed by atoms with E-state index in [2.05, 4.69) is 10.2 Å². The molecule has 0 aliphatic heterocycles. The minimum atomic E-state index is -0.315. The summed E-state index contributed by atoms with van der Waals surface area (Å²) in [6, 6.07) is 12.8. The molecule has 0 saturated carbocycles. The monoisotopic (exact) mass is 304 g/mol. The van der Waals surface area contributed by atoms with Gasteiger partial charge in [-0.25, -0.2) is 4.39 Å². The second-order valence-corrected chi connectivity index (χ2v) is 4.69. The molecular weight excluding hydrogens is 295 g/mol. The second kappa shape index (κ2) is 5.93. The lowest BCUT2D eigenvalue weighted by atomic mass is 10.2. The van der Waals surface area contributed by atoms with Crippen LogP contribution in [-0.4, -0.2) is 10.2 Å². The van der Waals surface area contributed by atoms with Crippen molar-refractivity contribution in [1.82, 2.24) is 10.2 Å². The van der Waals surface area contributed by atoms with Crippen LogP contribution in [0.3, 0.4) is 0 Å². The summed E-state index contributed by atoms with van der Waals surface area (Å²) in [6.45, 7) is 0.149. The molecule has 3 aromatic rings. The van der Waals surface area contributed by atoms with Gasteiger partial charge in [-0.2, -0.15) is 0 Å². The lowest BCUT2D eigenvalue weighted by Crippen LogP contribution is -1.95. The maximum Gasteiger partial charge on any atom is 0.254 e. The Hall–Kier alpha value is -2.40. The van der Waals surface area contributed by atoms with Gasteiger partial charge in [0.25, 0.3) is 5.89 Å². The summed E-state index contributed by atoms with van der Waals surface area (Å²) < 4.78 is 23.8. The van der Waals surface area contributed by atoms with E-state index in [9.17, 15) is 4.39 Å². The predicted octanol–water partition coefficient (Wildman–Crippen LogP) is 4.11. The average molecular weight is 305 g/mol. The van der Waals surface area contributed by atoms with Gasteiger partial charge in [0, 0.05) is 10.6 Å². The molecule has 21 heavy (non-hydrogen) atoms. The van der Waals surface area contributed by atoms with Crippen molar-refractivity contribution in [3.8, 4) is 17.2 Å². The number of benzene rings is 2. The zero-order chi connectivity index (χ0) is 14.7. The summed E-state index contributed by atoms with van der Waals surface area (Å²) in [5.74, 6) is 1.000. The van der Waals surface area contributed by atoms with E-state index in [1.54, 1.807) is 36.4 Å². The molecule has 6 heteroatoms. The van der Waals surface area contributed by atoms with Crippen LogP contribution in [0.2, 0.25) is 5.02 Å². The van der Waals surface area contributed by atoms with Crippen LogP contribution >= 0.6 is 11.6 Å². The highest BCUT2D eigenvalue weighted by Gasteiger charge is 2.09. The Bertz CT molecular complexity index is 726. The minimum Gasteiger partial charge on any atom is -0.484 e. The van der Waals surface area contributed by atoms with Gasteiger partial charge < -0.3 is 9.15 Å². The van der Waals surface area contributed by atoms with Crippen molar-refractivity contribution < 1.29 is 13.5 Å². The number of rotatable bonds is 4. The molecule has 0 aliphatic rings. The summed E-state index contributed by atoms with van der Waals surface area (Å²) in [4.78, 5) is 0. The largest absolute Gasteiger partial charge is 0.484 e. The summed E-state index contributed by atoms with van der Waals surface area (Å²) >= 11 is 5.79. The molecule has 0 unspecified atom stereocenters. The van der Waals surface area contributed by atoms with Crippen molar-refractivity contribution >= 4 is 11.6 Å². The number of hydrogen-bond donors (Lipinski definition) is 0. The fourth-order valence-corrected chi connectivity index (χ4v) is 1.82. The summed E-state index contributed by atoms with van der Waals surface area (Å²) in [5, 5.41) is 8.43. The number of hydrogen-bond acceptors (Lipinski definition) is 4. The van der Waals surface area contributed by atoms with E-state index >= 15 is 0 Å². The molecule has 0 saturated heterocycles. The third-order valence-electron chi connectivity index (χ3n) is 2.73. The third kappa shape index (κ3) is 3.38. The minimum absolute atomic E-state index is 0.149. The molecule has 1 aromatic heterocycles. The van der Waals surface area contributed by atoms with Gasteiger partial charge in [-0.05, 0) is 48.5 Å². The number of halogens is 2. The average Bonchev–Trinajstić information content (AvgIpc) is 2.96. The van der Waals surface area contributed by atoms with E-state index in [1.165, 1.54) is 12.1 Å². The topological polar surface area (TPSA) is 48.2 Å². The molecule has 0 fully saturated rings. The van der Waals surface area contributed by atoms with E-state index < -0.39 is 0 Å². The van der Waals surface area contributed by atoms with Gasteiger partial charge in [0.2, 0.25) is 5.89 Å². The van der Waals surface area contributed by atoms with Gasteiger partial charge >= 0.3 is 0 Å². The first-order chi connectivity index (χ1) is 10.2. The molecule has 0 radical (unpaired) electrons. The van der Waals surface area contributed by atoms with Gasteiger partial charge in [-0.15, -0.1) is 10.2 Å². The molecule has 4 nitrogen and oxygen atoms in total. The van der Waals surface area contributed by atoms with Gasteiger partial charge in [-0.3, -0.25) is 0 Å². The van der Waals surface area contributed by atoms with Crippen molar-refractivity contribution in [1.29, 1.82) is 0 Å². The van der Waals surface area contributed by atoms with Crippen LogP contribution in [0.25, 0.3) is 11.5 Å². The van der Waals surface area contributed by atoms with Crippen molar-refractivity contribution in [2.24, 2.45) is 0 Å². The molecule has 0 bridgehead atoms. The maximum atomic E-state index is 12.8. The molecule has 0 N–H and O–H groups in total. The fourth-order valence-electron chi connectivity index (χ4n) is 1.70. The first-order valence-electron chi connectivity index (χ1n) is 6.17. The standard InChI is InChI=1S/C15H10ClFN2O2/c16-11-3-7-13(8-4-11)20-9-14-18-19-15(21-14)10-1-5-12(17)6-2-10/h1-8H,9H2. The Morgan fingerprint density at radius 3 is 2.43 bits per heavy atom. The Morgan fingerprint density at radius 1 is 1.00 bits per heavy atom. The van der Waals surface area contributed by atoms with Crippen LogP contribution in [0.15, 0.2) is 52.9 Å². The number of ether oxygens (including phenoxy) is 1. The van der Waals surface area contributed by atoms with E-state index in [0.717, 1.165) is 0 Å². The van der Waals surface area contributed by atoms with Gasteiger partial charge in [0.15, 0.2) is 6.61 Å². The van der Waals surface area contributed by atoms with Gasteiger partial charge in [0.1, 0.15) is 11.6 Å². The molecule has 0 spiro atoms. The fraction of sp³-hybridized carbons (Fsp3) is 0.0667. The predicted molar refractivity (Wildman–Crippen MR) is 75.5 cm³/mol. The number of aromatic nitrogens is 2. The highest BCUT2D eigenvalue weighted by atomic mass is 35.5. The molecule has 2 aromatic carbocycles. The molecule has 3 rings (SSSR count). The highest BCUT2D eigenvalue weighted by Crippen LogP contribution is 2.20. The molecule has 0 amide bonds. The van der Waals surface area contributed by atoms with E-state index in [1.807, 2.05) is 0 Å². The van der Waals surface area contributed by atoms with Crippen LogP contribution in [0.1, 0.15) is 5.89 Å². The Morgan fingerprint density at radius 2 is 1.71 bits per heavy atom. The third-order valence-corrected chi connectivity index (χ3v) is 2.99. The van der Waals surface area contributed by atoms with E-state index in [4.69, 9.17) is 20.8 Å². The SMILES string of the molecule is Fc1ccc(-c2nnc(COc3ccc(Cl)cc3)o2)cc1. The van der Waals surface area contributed by atoms with E-state index in [-0.39, 0.29) is 12.4 Å². The Balaban J connectivity index is 1.67. The maximum absolute atomic E-state index is 12.8. The van der Waals surface area contributed by atoms with Crippen LogP contribution < -0.4 is 4.74 Å². The Kier molecular flexibility index (Phi) is 3.83. The first-order valence-corrected chi connectivity index (χ1v) is 6.55. The van der Waals surface area contributed by atoms with Gasteiger partial charge in [0.05, 0.1) is 0 Å². The van der Waals surface area contributed by atoms with Crippen LogP contribution in [-0.2, 0) is 6.61 Å². The van der Waals surface area contributed by atoms with E-state index in [0.29, 0.717) is 28.1 Å². The highest BCUT2D eigenvalue weighted by molar-refractivity contribution is 6.30. The smallest absolute Gasteiger partial charge is 0.254 e. The quantitative estimate of drug-likeness (QED) is 0.728. The normalized spacial score (nSPS) is 10.6. The van der Waals surface area contributed by atoms with Crippen molar-refractivity contribution in [3.05, 3.63) is 65.3 Å². The molecule has 0 aliphatic carbocycles. The number of nitrogens with zero attached hydrogens (tertiary/aromatic N) is 2. The van der Waals surface area contributed by atoms with Crippen molar-refractivity contribution in [2.45, 2.75) is 6.61 Å². The molecular formula is C15H10ClFN2O2. The molecule has 106 valence electrons.